The Morgan fingerprint density at radius 1 is 1.19 bits per heavy atom. The number of aliphatic imine (C=N–C) groups is 1. The van der Waals surface area contributed by atoms with Gasteiger partial charge in [-0.2, -0.15) is 8.42 Å². The zero-order valence-electron chi connectivity index (χ0n) is 21.7. The Morgan fingerprint density at radius 3 is 2.33 bits per heavy atom. The number of nitrogens with zero attached hydrogens (tertiary/aromatic N) is 1. The average molecular weight is 543 g/mol. The van der Waals surface area contributed by atoms with Crippen LogP contribution in [0.25, 0.3) is 0 Å². The molecule has 1 unspecified atom stereocenters. The fourth-order valence-corrected chi connectivity index (χ4v) is 5.23. The molecule has 0 fully saturated rings. The first kappa shape index (κ1) is 29.9. The Kier molecular flexibility index (Phi) is 10.6. The molecule has 0 aliphatic carbocycles. The van der Waals surface area contributed by atoms with Gasteiger partial charge in [-0.25, -0.2) is 4.79 Å². The van der Waals surface area contributed by atoms with E-state index >= 15 is 0 Å². The van der Waals surface area contributed by atoms with Crippen LogP contribution in [0.5, 0.6) is 0 Å². The van der Waals surface area contributed by atoms with Gasteiger partial charge in [0.2, 0.25) is 5.91 Å². The lowest BCUT2D eigenvalue weighted by Gasteiger charge is -2.26. The molecule has 0 saturated carbocycles. The summed E-state index contributed by atoms with van der Waals surface area (Å²) >= 11 is 1.60. The van der Waals surface area contributed by atoms with Crippen LogP contribution in [0.3, 0.4) is 0 Å². The normalized spacial score (nSPS) is 17.8. The van der Waals surface area contributed by atoms with Crippen molar-refractivity contribution in [3.63, 3.8) is 0 Å². The fraction of sp³-hybridized carbons (Fsp3) is 0.625. The van der Waals surface area contributed by atoms with E-state index < -0.39 is 34.1 Å². The van der Waals surface area contributed by atoms with Gasteiger partial charge >= 0.3 is 16.4 Å². The van der Waals surface area contributed by atoms with Crippen molar-refractivity contribution in [1.29, 1.82) is 0 Å². The van der Waals surface area contributed by atoms with Crippen molar-refractivity contribution in [1.82, 2.24) is 10.6 Å². The number of benzene rings is 1. The molecule has 2 amide bonds. The molecule has 1 aromatic rings. The second-order valence-electron chi connectivity index (χ2n) is 10.2. The number of carbonyl (C=O) groups excluding carboxylic acids is 2. The third-order valence-corrected chi connectivity index (χ3v) is 6.91. The van der Waals surface area contributed by atoms with Gasteiger partial charge in [-0.05, 0) is 63.6 Å². The van der Waals surface area contributed by atoms with Gasteiger partial charge in [0.1, 0.15) is 11.6 Å². The van der Waals surface area contributed by atoms with Crippen molar-refractivity contribution >= 4 is 44.8 Å². The van der Waals surface area contributed by atoms with E-state index in [0.29, 0.717) is 12.8 Å². The molecule has 0 saturated heterocycles. The Hall–Kier alpha value is -2.31. The van der Waals surface area contributed by atoms with Crippen LogP contribution in [0, 0.1) is 5.92 Å². The van der Waals surface area contributed by atoms with E-state index in [4.69, 9.17) is 14.3 Å². The van der Waals surface area contributed by atoms with Gasteiger partial charge in [-0.3, -0.25) is 19.1 Å². The van der Waals surface area contributed by atoms with E-state index in [-0.39, 0.29) is 23.6 Å². The molecular weight excluding hydrogens is 504 g/mol. The predicted molar refractivity (Wildman–Crippen MR) is 144 cm³/mol. The van der Waals surface area contributed by atoms with Gasteiger partial charge in [0.05, 0.1) is 22.8 Å². The standard InChI is InChI=1S/C24H38N4O6S2/c1-7-17-14-35-22(25-17)20(13-16-8-10-18(11-9-16)28-36(31,32)33)26-21(29)19(12-15(2)3)27-23(30)34-24(4,5)6/h8-11,15,17,19-20,28H,7,12-14H2,1-6H3,(H,26,29)(H,27,30)(H,31,32,33)/t17?,19-,20-/m0/s1. The van der Waals surface area contributed by atoms with E-state index in [1.165, 1.54) is 12.1 Å². The van der Waals surface area contributed by atoms with Crippen molar-refractivity contribution in [3.05, 3.63) is 29.8 Å². The fourth-order valence-electron chi connectivity index (χ4n) is 3.55. The molecule has 1 aliphatic rings. The first-order valence-corrected chi connectivity index (χ1v) is 14.4. The van der Waals surface area contributed by atoms with E-state index in [1.807, 2.05) is 18.6 Å². The molecule has 2 rings (SSSR count). The Morgan fingerprint density at radius 2 is 1.83 bits per heavy atom. The molecule has 10 nitrogen and oxygen atoms in total. The first-order chi connectivity index (χ1) is 16.6. The third-order valence-electron chi connectivity index (χ3n) is 5.17. The Bertz CT molecular complexity index is 1040. The molecule has 0 bridgehead atoms. The lowest BCUT2D eigenvalue weighted by molar-refractivity contribution is -0.123. The monoisotopic (exact) mass is 542 g/mol. The number of hydrogen-bond acceptors (Lipinski definition) is 7. The van der Waals surface area contributed by atoms with Crippen molar-refractivity contribution < 1.29 is 27.3 Å². The summed E-state index contributed by atoms with van der Waals surface area (Å²) in [5.41, 5.74) is 0.371. The zero-order valence-corrected chi connectivity index (χ0v) is 23.3. The Balaban J connectivity index is 2.22. The SMILES string of the molecule is CCC1CSC([C@H](Cc2ccc(NS(=O)(=O)O)cc2)NC(=O)[C@H](CC(C)C)NC(=O)OC(C)(C)C)=N1. The molecule has 36 heavy (non-hydrogen) atoms. The largest absolute Gasteiger partial charge is 0.444 e. The Labute approximate surface area is 218 Å². The van der Waals surface area contributed by atoms with Crippen LogP contribution < -0.4 is 15.4 Å². The summed E-state index contributed by atoms with van der Waals surface area (Å²) in [6.45, 7) is 11.3. The maximum Gasteiger partial charge on any atom is 0.408 e. The number of carbonyl (C=O) groups is 2. The highest BCUT2D eigenvalue weighted by atomic mass is 32.2. The van der Waals surface area contributed by atoms with Gasteiger partial charge in [0.15, 0.2) is 0 Å². The van der Waals surface area contributed by atoms with Gasteiger partial charge < -0.3 is 15.4 Å². The van der Waals surface area contributed by atoms with E-state index in [0.717, 1.165) is 22.8 Å². The van der Waals surface area contributed by atoms with Crippen molar-refractivity contribution in [2.45, 2.75) is 84.5 Å². The van der Waals surface area contributed by atoms with Crippen molar-refractivity contribution in [2.24, 2.45) is 10.9 Å². The van der Waals surface area contributed by atoms with E-state index in [2.05, 4.69) is 17.6 Å². The van der Waals surface area contributed by atoms with Crippen LogP contribution in [-0.2, 0) is 26.3 Å². The first-order valence-electron chi connectivity index (χ1n) is 12.0. The molecule has 3 atom stereocenters. The molecule has 0 aromatic heterocycles. The molecule has 202 valence electrons. The molecule has 1 heterocycles. The second-order valence-corrected chi connectivity index (χ2v) is 12.4. The minimum atomic E-state index is -4.37. The van der Waals surface area contributed by atoms with Crippen molar-refractivity contribution in [3.8, 4) is 0 Å². The number of hydrogen-bond donors (Lipinski definition) is 4. The van der Waals surface area contributed by atoms with Gasteiger partial charge in [-0.1, -0.05) is 32.9 Å². The van der Waals surface area contributed by atoms with Crippen LogP contribution in [0.15, 0.2) is 29.3 Å². The van der Waals surface area contributed by atoms with Crippen LogP contribution in [0.4, 0.5) is 10.5 Å². The number of ether oxygens (including phenoxy) is 1. The summed E-state index contributed by atoms with van der Waals surface area (Å²) < 4.78 is 38.4. The van der Waals surface area contributed by atoms with E-state index in [1.54, 1.807) is 44.7 Å². The number of nitrogens with one attached hydrogen (secondary N) is 3. The highest BCUT2D eigenvalue weighted by Crippen LogP contribution is 2.24. The number of anilines is 1. The number of thioether (sulfide) groups is 1. The van der Waals surface area contributed by atoms with Crippen molar-refractivity contribution in [2.75, 3.05) is 10.5 Å². The lowest BCUT2D eigenvalue weighted by atomic mass is 10.0. The molecule has 12 heteroatoms. The summed E-state index contributed by atoms with van der Waals surface area (Å²) in [5, 5.41) is 6.59. The number of rotatable bonds is 11. The average Bonchev–Trinajstić information content (AvgIpc) is 3.20. The number of amides is 2. The van der Waals surface area contributed by atoms with Crippen LogP contribution >= 0.6 is 11.8 Å². The molecule has 4 N–H and O–H groups in total. The maximum absolute atomic E-state index is 13.3. The maximum atomic E-state index is 13.3. The summed E-state index contributed by atoms with van der Waals surface area (Å²) in [6, 6.07) is 5.48. The van der Waals surface area contributed by atoms with Gasteiger partial charge in [0.25, 0.3) is 0 Å². The van der Waals surface area contributed by atoms with Crippen LogP contribution in [0.1, 0.15) is 59.9 Å². The number of alkyl carbamates (subject to hydrolysis) is 1. The molecule has 0 radical (unpaired) electrons. The topological polar surface area (TPSA) is 146 Å². The summed E-state index contributed by atoms with van der Waals surface area (Å²) in [4.78, 5) is 30.5. The minimum absolute atomic E-state index is 0.152. The smallest absolute Gasteiger partial charge is 0.408 e. The lowest BCUT2D eigenvalue weighted by Crippen LogP contribution is -2.52. The second kappa shape index (κ2) is 12.8. The summed E-state index contributed by atoms with van der Waals surface area (Å²) in [6.07, 6.45) is 1.09. The van der Waals surface area contributed by atoms with Gasteiger partial charge in [0, 0.05) is 5.75 Å². The summed E-state index contributed by atoms with van der Waals surface area (Å²) in [7, 11) is -4.37. The predicted octanol–water partition coefficient (Wildman–Crippen LogP) is 3.79. The van der Waals surface area contributed by atoms with E-state index in [9.17, 15) is 18.0 Å². The molecule has 1 aliphatic heterocycles. The zero-order chi connectivity index (χ0) is 27.1. The van der Waals surface area contributed by atoms with Crippen LogP contribution in [-0.4, -0.2) is 59.5 Å². The summed E-state index contributed by atoms with van der Waals surface area (Å²) in [5.74, 6) is 0.660. The van der Waals surface area contributed by atoms with Crippen LogP contribution in [0.2, 0.25) is 0 Å². The third kappa shape index (κ3) is 10.8. The van der Waals surface area contributed by atoms with Gasteiger partial charge in [-0.15, -0.1) is 11.8 Å². The minimum Gasteiger partial charge on any atom is -0.444 e. The molecular formula is C24H38N4O6S2. The highest BCUT2D eigenvalue weighted by Gasteiger charge is 2.30. The molecule has 0 spiro atoms. The highest BCUT2D eigenvalue weighted by molar-refractivity contribution is 8.14. The quantitative estimate of drug-likeness (QED) is 0.311. The molecule has 1 aromatic carbocycles.